The van der Waals surface area contributed by atoms with Gasteiger partial charge in [0.05, 0.1) is 0 Å². The molecule has 0 radical (unpaired) electrons. The summed E-state index contributed by atoms with van der Waals surface area (Å²) in [4.78, 5) is 9.87. The second kappa shape index (κ2) is 3.10. The van der Waals surface area contributed by atoms with Gasteiger partial charge in [0, 0.05) is 0 Å². The fourth-order valence-electron chi connectivity index (χ4n) is 0.307. The topological polar surface area (TPSA) is 17.1 Å². The van der Waals surface area contributed by atoms with E-state index in [9.17, 15) is 35.5 Å². The zero-order valence-electron chi connectivity index (χ0n) is 5.43. The van der Waals surface area contributed by atoms with Crippen LogP contribution in [0.4, 0.5) is 30.7 Å². The lowest BCUT2D eigenvalue weighted by atomic mass is 10.2. The number of alkyl halides is 8. The highest BCUT2D eigenvalue weighted by atomic mass is 79.9. The van der Waals surface area contributed by atoms with E-state index in [-0.39, 0.29) is 0 Å². The number of halogens is 8. The number of Topliss-reactive ketones (excluding diaryl/α,β-unsaturated/α-hetero) is 1. The monoisotopic (exact) mass is 276 g/mol. The Hall–Kier alpha value is -0.340. The molecule has 0 heterocycles. The average molecular weight is 277 g/mol. The van der Waals surface area contributed by atoms with Gasteiger partial charge in [-0.05, 0) is 15.9 Å². The molecule has 0 aromatic carbocycles. The Kier molecular flexibility index (Phi) is 3.02. The van der Waals surface area contributed by atoms with E-state index in [1.807, 2.05) is 0 Å². The molecule has 13 heavy (non-hydrogen) atoms. The van der Waals surface area contributed by atoms with Crippen LogP contribution in [0, 0.1) is 0 Å². The van der Waals surface area contributed by atoms with Gasteiger partial charge < -0.3 is 0 Å². The maximum Gasteiger partial charge on any atom is 0.454 e. The molecule has 1 nitrogen and oxygen atoms in total. The summed E-state index contributed by atoms with van der Waals surface area (Å²) in [5.41, 5.74) is 0. The Balaban J connectivity index is 4.98. The van der Waals surface area contributed by atoms with Crippen LogP contribution in [0.15, 0.2) is 0 Å². The third-order valence-corrected chi connectivity index (χ3v) is 1.71. The fourth-order valence-corrected chi connectivity index (χ4v) is 0.532. The molecule has 0 aromatic rings. The molecule has 9 heteroatoms. The summed E-state index contributed by atoms with van der Waals surface area (Å²) in [6.45, 7) is 0. The molecule has 0 saturated carbocycles. The van der Waals surface area contributed by atoms with Gasteiger partial charge in [0.15, 0.2) is 0 Å². The van der Waals surface area contributed by atoms with E-state index in [4.69, 9.17) is 0 Å². The van der Waals surface area contributed by atoms with Crippen LogP contribution in [0.5, 0.6) is 0 Å². The number of ketones is 1. The van der Waals surface area contributed by atoms with Gasteiger partial charge in [0.1, 0.15) is 0 Å². The normalized spacial score (nSPS) is 18.2. The molecule has 1 unspecified atom stereocenters. The molecule has 0 aromatic heterocycles. The van der Waals surface area contributed by atoms with E-state index >= 15 is 0 Å². The second-order valence-corrected chi connectivity index (χ2v) is 2.99. The van der Waals surface area contributed by atoms with Crippen molar-refractivity contribution < 1.29 is 35.5 Å². The fraction of sp³-hybridized carbons (Fsp3) is 0.750. The lowest BCUT2D eigenvalue weighted by Crippen LogP contribution is -2.49. The molecular weight excluding hydrogens is 277 g/mol. The smallest absolute Gasteiger partial charge is 0.284 e. The maximum absolute atomic E-state index is 12.2. The van der Waals surface area contributed by atoms with Crippen molar-refractivity contribution in [1.29, 1.82) is 0 Å². The molecule has 1 atom stereocenters. The van der Waals surface area contributed by atoms with Crippen LogP contribution < -0.4 is 0 Å². The highest BCUT2D eigenvalue weighted by Gasteiger charge is 2.67. The Morgan fingerprint density at radius 2 is 1.23 bits per heavy atom. The van der Waals surface area contributed by atoms with Gasteiger partial charge in [-0.2, -0.15) is 26.3 Å². The van der Waals surface area contributed by atoms with E-state index in [1.54, 1.807) is 0 Å². The zero-order chi connectivity index (χ0) is 11.1. The summed E-state index contributed by atoms with van der Waals surface area (Å²) in [7, 11) is 0. The number of hydrogen-bond donors (Lipinski definition) is 0. The van der Waals surface area contributed by atoms with Crippen molar-refractivity contribution in [3.63, 3.8) is 0 Å². The number of rotatable bonds is 1. The van der Waals surface area contributed by atoms with Crippen LogP contribution in [0.1, 0.15) is 0 Å². The van der Waals surface area contributed by atoms with Crippen molar-refractivity contribution >= 4 is 21.7 Å². The number of hydrogen-bond acceptors (Lipinski definition) is 1. The summed E-state index contributed by atoms with van der Waals surface area (Å²) in [6, 6.07) is 0. The average Bonchev–Trinajstić information content (AvgIpc) is 1.81. The Morgan fingerprint density at radius 3 is 1.31 bits per heavy atom. The molecule has 0 fully saturated rings. The highest BCUT2D eigenvalue weighted by Crippen LogP contribution is 2.43. The quantitative estimate of drug-likeness (QED) is 0.532. The van der Waals surface area contributed by atoms with Crippen LogP contribution in [-0.4, -0.2) is 22.7 Å². The van der Waals surface area contributed by atoms with Gasteiger partial charge in [-0.15, -0.1) is 0 Å². The third kappa shape index (κ3) is 2.55. The molecule has 0 aliphatic rings. The van der Waals surface area contributed by atoms with Crippen molar-refractivity contribution in [2.45, 2.75) is 16.9 Å². The second-order valence-electron chi connectivity index (χ2n) is 1.90. The van der Waals surface area contributed by atoms with Crippen LogP contribution >= 0.6 is 15.9 Å². The molecule has 0 rings (SSSR count). The molecule has 0 aliphatic heterocycles. The van der Waals surface area contributed by atoms with Crippen LogP contribution in [0.25, 0.3) is 0 Å². The summed E-state index contributed by atoms with van der Waals surface area (Å²) < 4.78 is 75.6. The Labute approximate surface area is 75.0 Å². The first-order chi connectivity index (χ1) is 5.40. The maximum atomic E-state index is 12.2. The number of carbonyl (C=O) groups is 1. The summed E-state index contributed by atoms with van der Waals surface area (Å²) >= 11 is 1.04. The van der Waals surface area contributed by atoms with E-state index in [2.05, 4.69) is 0 Å². The van der Waals surface area contributed by atoms with Crippen LogP contribution in [0.3, 0.4) is 0 Å². The minimum Gasteiger partial charge on any atom is -0.284 e. The van der Waals surface area contributed by atoms with Crippen molar-refractivity contribution in [2.75, 3.05) is 0 Å². The van der Waals surface area contributed by atoms with Crippen molar-refractivity contribution in [1.82, 2.24) is 0 Å². The highest BCUT2D eigenvalue weighted by molar-refractivity contribution is 9.10. The molecule has 0 N–H and O–H groups in total. The third-order valence-electron chi connectivity index (χ3n) is 0.899. The van der Waals surface area contributed by atoms with Crippen LogP contribution in [-0.2, 0) is 4.79 Å². The molecule has 0 aliphatic carbocycles. The van der Waals surface area contributed by atoms with Crippen molar-refractivity contribution in [3.8, 4) is 0 Å². The SMILES string of the molecule is O=C(C(F)(F)F)C(F)(Br)C(F)(F)F. The molecule has 78 valence electrons. The number of carbonyl (C=O) groups excluding carboxylic acids is 1. The van der Waals surface area contributed by atoms with E-state index in [0.29, 0.717) is 0 Å². The standard InChI is InChI=1S/C4BrF7O/c5-2(6,4(10,11)12)1(13)3(7,8)9. The molecular formula is C4BrF7O. The minimum absolute atomic E-state index is 1.04. The van der Waals surface area contributed by atoms with Gasteiger partial charge in [0.25, 0.3) is 5.78 Å². The van der Waals surface area contributed by atoms with Gasteiger partial charge >= 0.3 is 16.9 Å². The van der Waals surface area contributed by atoms with E-state index in [0.717, 1.165) is 15.9 Å². The largest absolute Gasteiger partial charge is 0.454 e. The zero-order valence-corrected chi connectivity index (χ0v) is 7.02. The van der Waals surface area contributed by atoms with Crippen molar-refractivity contribution in [2.24, 2.45) is 0 Å². The first kappa shape index (κ1) is 12.7. The molecule has 0 amide bonds. The lowest BCUT2D eigenvalue weighted by Gasteiger charge is -2.20. The van der Waals surface area contributed by atoms with Crippen molar-refractivity contribution in [3.05, 3.63) is 0 Å². The molecule has 0 spiro atoms. The molecule has 0 saturated heterocycles. The van der Waals surface area contributed by atoms with Crippen LogP contribution in [0.2, 0.25) is 0 Å². The summed E-state index contributed by atoms with van der Waals surface area (Å²) in [5.74, 6) is -3.53. The van der Waals surface area contributed by atoms with E-state index in [1.165, 1.54) is 0 Å². The molecule has 0 bridgehead atoms. The first-order valence-electron chi connectivity index (χ1n) is 2.47. The summed E-state index contributed by atoms with van der Waals surface area (Å²) in [6.07, 6.45) is -11.8. The predicted octanol–water partition coefficient (Wildman–Crippen LogP) is 2.74. The Morgan fingerprint density at radius 1 is 0.923 bits per heavy atom. The van der Waals surface area contributed by atoms with Gasteiger partial charge in [-0.1, -0.05) is 0 Å². The van der Waals surface area contributed by atoms with Gasteiger partial charge in [-0.3, -0.25) is 4.79 Å². The lowest BCUT2D eigenvalue weighted by molar-refractivity contribution is -0.220. The first-order valence-corrected chi connectivity index (χ1v) is 3.26. The Bertz CT molecular complexity index is 214. The summed E-state index contributed by atoms with van der Waals surface area (Å²) in [5, 5.41) is 0. The van der Waals surface area contributed by atoms with Gasteiger partial charge in [-0.25, -0.2) is 4.39 Å². The van der Waals surface area contributed by atoms with E-state index < -0.39 is 22.7 Å². The van der Waals surface area contributed by atoms with Gasteiger partial charge in [0.2, 0.25) is 0 Å². The predicted molar refractivity (Wildman–Crippen MR) is 29.9 cm³/mol. The minimum atomic E-state index is -5.94.